The monoisotopic (exact) mass is 448 g/mol. The first-order valence-corrected chi connectivity index (χ1v) is 12.0. The van der Waals surface area contributed by atoms with Gasteiger partial charge in [0.05, 0.1) is 12.3 Å². The number of aromatic amines is 1. The van der Waals surface area contributed by atoms with Gasteiger partial charge in [0.15, 0.2) is 0 Å². The highest BCUT2D eigenvalue weighted by atomic mass is 16.7. The Bertz CT molecular complexity index is 1060. The van der Waals surface area contributed by atoms with Gasteiger partial charge in [0, 0.05) is 29.3 Å². The fourth-order valence-corrected chi connectivity index (χ4v) is 4.75. The lowest BCUT2D eigenvalue weighted by atomic mass is 9.87. The highest BCUT2D eigenvalue weighted by molar-refractivity contribution is 6.01. The van der Waals surface area contributed by atoms with Crippen LogP contribution in [0.3, 0.4) is 0 Å². The Morgan fingerprint density at radius 1 is 1.15 bits per heavy atom. The van der Waals surface area contributed by atoms with Gasteiger partial charge >= 0.3 is 6.03 Å². The second kappa shape index (κ2) is 9.98. The van der Waals surface area contributed by atoms with Gasteiger partial charge in [-0.25, -0.2) is 4.79 Å². The molecule has 0 radical (unpaired) electrons. The maximum Gasteiger partial charge on any atom is 0.350 e. The van der Waals surface area contributed by atoms with Crippen LogP contribution in [0.4, 0.5) is 16.2 Å². The lowest BCUT2D eigenvalue weighted by Gasteiger charge is -2.36. The number of nitrogens with one attached hydrogen (secondary N) is 2. The number of para-hydroxylation sites is 1. The second-order valence-electron chi connectivity index (χ2n) is 10.1. The number of hydrogen-bond acceptors (Lipinski definition) is 3. The van der Waals surface area contributed by atoms with Crippen LogP contribution in [0.2, 0.25) is 0 Å². The molecule has 0 spiro atoms. The van der Waals surface area contributed by atoms with Crippen LogP contribution in [-0.2, 0) is 4.84 Å². The van der Waals surface area contributed by atoms with Crippen molar-refractivity contribution in [3.05, 3.63) is 60.3 Å². The first-order valence-electron chi connectivity index (χ1n) is 12.0. The van der Waals surface area contributed by atoms with E-state index < -0.39 is 0 Å². The van der Waals surface area contributed by atoms with Gasteiger partial charge in [0.1, 0.15) is 0 Å². The number of anilines is 2. The van der Waals surface area contributed by atoms with E-state index in [0.717, 1.165) is 43.7 Å². The molecule has 2 amide bonds. The minimum Gasteiger partial charge on any atom is -0.361 e. The average molecular weight is 449 g/mol. The van der Waals surface area contributed by atoms with E-state index in [1.807, 2.05) is 49.4 Å². The van der Waals surface area contributed by atoms with Gasteiger partial charge < -0.3 is 15.2 Å². The highest BCUT2D eigenvalue weighted by Gasteiger charge is 2.25. The average Bonchev–Trinajstić information content (AvgIpc) is 3.21. The standard InChI is InChI=1S/C27H36N4O2/c1-5-33-31(22-9-7-6-8-10-22)26(32)29-21-11-12-25-23(17-21)24(18-28-25)20-13-15-30(16-14-20)19-27(2,3)4/h6-12,17-18,20,28H,5,13-16,19H2,1-4H3,(H,29,32). The lowest BCUT2D eigenvalue weighted by Crippen LogP contribution is -2.38. The second-order valence-corrected chi connectivity index (χ2v) is 10.1. The fourth-order valence-electron chi connectivity index (χ4n) is 4.75. The van der Waals surface area contributed by atoms with Crippen molar-refractivity contribution in [2.75, 3.05) is 36.6 Å². The Morgan fingerprint density at radius 3 is 2.55 bits per heavy atom. The first-order chi connectivity index (χ1) is 15.8. The fraction of sp³-hybridized carbons (Fsp3) is 0.444. The molecule has 2 aromatic carbocycles. The van der Waals surface area contributed by atoms with Crippen molar-refractivity contribution < 1.29 is 9.63 Å². The summed E-state index contributed by atoms with van der Waals surface area (Å²) in [6.07, 6.45) is 4.47. The number of amides is 2. The van der Waals surface area contributed by atoms with Crippen molar-refractivity contribution in [2.24, 2.45) is 5.41 Å². The molecule has 0 unspecified atom stereocenters. The first kappa shape index (κ1) is 23.3. The van der Waals surface area contributed by atoms with E-state index in [1.54, 1.807) is 0 Å². The van der Waals surface area contributed by atoms with Gasteiger partial charge in [0.25, 0.3) is 0 Å². The number of carbonyl (C=O) groups is 1. The molecule has 1 aliphatic heterocycles. The van der Waals surface area contributed by atoms with Crippen molar-refractivity contribution in [3.8, 4) is 0 Å². The van der Waals surface area contributed by atoms with Gasteiger partial charge in [-0.1, -0.05) is 39.0 Å². The van der Waals surface area contributed by atoms with E-state index in [0.29, 0.717) is 23.6 Å². The number of likely N-dealkylation sites (tertiary alicyclic amines) is 1. The van der Waals surface area contributed by atoms with Crippen molar-refractivity contribution in [1.82, 2.24) is 9.88 Å². The number of H-pyrrole nitrogens is 1. The van der Waals surface area contributed by atoms with Crippen LogP contribution in [0, 0.1) is 5.41 Å². The number of hydroxylamine groups is 1. The zero-order valence-electron chi connectivity index (χ0n) is 20.2. The van der Waals surface area contributed by atoms with Crippen LogP contribution in [0.5, 0.6) is 0 Å². The molecule has 2 N–H and O–H groups in total. The molecular formula is C27H36N4O2. The molecule has 1 aromatic heterocycles. The summed E-state index contributed by atoms with van der Waals surface area (Å²) in [6.45, 7) is 12.6. The van der Waals surface area contributed by atoms with Gasteiger partial charge in [-0.05, 0) is 80.1 Å². The van der Waals surface area contributed by atoms with Gasteiger partial charge in [-0.3, -0.25) is 4.84 Å². The van der Waals surface area contributed by atoms with E-state index in [4.69, 9.17) is 4.84 Å². The normalized spacial score (nSPS) is 15.6. The minimum atomic E-state index is -0.310. The SMILES string of the molecule is CCON(C(=O)Nc1ccc2[nH]cc(C3CCN(CC(C)(C)C)CC3)c2c1)c1ccccc1. The molecule has 176 valence electrons. The van der Waals surface area contributed by atoms with Crippen molar-refractivity contribution >= 4 is 28.3 Å². The molecule has 0 aliphatic carbocycles. The van der Waals surface area contributed by atoms with Crippen LogP contribution in [-0.4, -0.2) is 42.2 Å². The summed E-state index contributed by atoms with van der Waals surface area (Å²) < 4.78 is 0. The Morgan fingerprint density at radius 2 is 1.88 bits per heavy atom. The van der Waals surface area contributed by atoms with Crippen molar-refractivity contribution in [3.63, 3.8) is 0 Å². The third kappa shape index (κ3) is 5.75. The Kier molecular flexibility index (Phi) is 7.05. The number of benzene rings is 2. The summed E-state index contributed by atoms with van der Waals surface area (Å²) >= 11 is 0. The summed E-state index contributed by atoms with van der Waals surface area (Å²) in [7, 11) is 0. The van der Waals surface area contributed by atoms with Gasteiger partial charge in [0.2, 0.25) is 0 Å². The molecule has 4 rings (SSSR count). The summed E-state index contributed by atoms with van der Waals surface area (Å²) in [5.74, 6) is 0.533. The molecule has 6 nitrogen and oxygen atoms in total. The van der Waals surface area contributed by atoms with Crippen LogP contribution in [0.25, 0.3) is 10.9 Å². The number of piperidine rings is 1. The quantitative estimate of drug-likeness (QED) is 0.430. The van der Waals surface area contributed by atoms with Crippen molar-refractivity contribution in [2.45, 2.75) is 46.5 Å². The van der Waals surface area contributed by atoms with Gasteiger partial charge in [-0.15, -0.1) is 0 Å². The number of urea groups is 1. The van der Waals surface area contributed by atoms with E-state index in [-0.39, 0.29) is 6.03 Å². The summed E-state index contributed by atoms with van der Waals surface area (Å²) in [5, 5.41) is 5.51. The predicted molar refractivity (Wildman–Crippen MR) is 136 cm³/mol. The molecular weight excluding hydrogens is 412 g/mol. The molecule has 1 aliphatic rings. The number of carbonyl (C=O) groups excluding carboxylic acids is 1. The van der Waals surface area contributed by atoms with E-state index in [2.05, 4.69) is 48.2 Å². The number of rotatable bonds is 6. The molecule has 0 bridgehead atoms. The third-order valence-corrected chi connectivity index (χ3v) is 6.12. The van der Waals surface area contributed by atoms with Crippen LogP contribution in [0.1, 0.15) is 52.0 Å². The largest absolute Gasteiger partial charge is 0.361 e. The maximum atomic E-state index is 13.0. The van der Waals surface area contributed by atoms with E-state index >= 15 is 0 Å². The van der Waals surface area contributed by atoms with Gasteiger partial charge in [-0.2, -0.15) is 5.06 Å². The van der Waals surface area contributed by atoms with Crippen molar-refractivity contribution in [1.29, 1.82) is 0 Å². The summed E-state index contributed by atoms with van der Waals surface area (Å²) in [6, 6.07) is 15.1. The van der Waals surface area contributed by atoms with Crippen LogP contribution in [0.15, 0.2) is 54.7 Å². The number of nitrogens with zero attached hydrogens (tertiary/aromatic N) is 2. The highest BCUT2D eigenvalue weighted by Crippen LogP contribution is 2.35. The smallest absolute Gasteiger partial charge is 0.350 e. The third-order valence-electron chi connectivity index (χ3n) is 6.12. The molecule has 6 heteroatoms. The Labute approximate surface area is 196 Å². The molecule has 0 saturated carbocycles. The lowest BCUT2D eigenvalue weighted by molar-refractivity contribution is 0.132. The van der Waals surface area contributed by atoms with E-state index in [1.165, 1.54) is 16.0 Å². The summed E-state index contributed by atoms with van der Waals surface area (Å²) in [5.41, 5.74) is 4.24. The molecule has 0 atom stereocenters. The predicted octanol–water partition coefficient (Wildman–Crippen LogP) is 6.38. The molecule has 1 fully saturated rings. The molecule has 2 heterocycles. The van der Waals surface area contributed by atoms with Crippen LogP contribution < -0.4 is 10.4 Å². The number of aromatic nitrogens is 1. The topological polar surface area (TPSA) is 60.6 Å². The molecule has 1 saturated heterocycles. The minimum absolute atomic E-state index is 0.310. The number of hydrogen-bond donors (Lipinski definition) is 2. The number of fused-ring (bicyclic) bond motifs is 1. The maximum absolute atomic E-state index is 13.0. The van der Waals surface area contributed by atoms with Crippen LogP contribution >= 0.6 is 0 Å². The zero-order valence-corrected chi connectivity index (χ0v) is 20.2. The molecule has 33 heavy (non-hydrogen) atoms. The molecule has 3 aromatic rings. The summed E-state index contributed by atoms with van der Waals surface area (Å²) in [4.78, 5) is 24.6. The zero-order chi connectivity index (χ0) is 23.4. The van der Waals surface area contributed by atoms with E-state index in [9.17, 15) is 4.79 Å². The Hall–Kier alpha value is -2.83. The Balaban J connectivity index is 1.48.